The summed E-state index contributed by atoms with van der Waals surface area (Å²) in [5.74, 6) is 0.412. The van der Waals surface area contributed by atoms with E-state index in [0.717, 1.165) is 33.3 Å². The molecule has 4 aromatic carbocycles. The van der Waals surface area contributed by atoms with Crippen molar-refractivity contribution < 1.29 is 9.53 Å². The number of halogens is 1. The number of hydrogen-bond acceptors (Lipinski definition) is 4. The molecule has 0 aliphatic heterocycles. The number of carbonyl (C=O) groups excluding carboxylic acids is 1. The maximum atomic E-state index is 13.1. The second-order valence-electron chi connectivity index (χ2n) is 8.09. The summed E-state index contributed by atoms with van der Waals surface area (Å²) in [6.07, 6.45) is 1.59. The number of hydrogen-bond donors (Lipinski definition) is 1. The highest BCUT2D eigenvalue weighted by molar-refractivity contribution is 6.31. The van der Waals surface area contributed by atoms with Crippen LogP contribution in [0.4, 0.5) is 0 Å². The normalized spacial score (nSPS) is 11.0. The van der Waals surface area contributed by atoms with Gasteiger partial charge in [-0.15, -0.1) is 0 Å². The molecule has 0 spiro atoms. The van der Waals surface area contributed by atoms with Crippen LogP contribution in [-0.4, -0.2) is 17.1 Å². The van der Waals surface area contributed by atoms with Gasteiger partial charge in [0.25, 0.3) is 5.91 Å². The number of pyridine rings is 1. The van der Waals surface area contributed by atoms with E-state index >= 15 is 0 Å². The number of rotatable bonds is 7. The zero-order chi connectivity index (χ0) is 24.7. The maximum Gasteiger partial charge on any atom is 0.272 e. The third-order valence-electron chi connectivity index (χ3n) is 5.64. The van der Waals surface area contributed by atoms with E-state index in [1.54, 1.807) is 12.3 Å². The fraction of sp³-hybridized carbons (Fsp3) is 0.0333. The monoisotopic (exact) mass is 491 g/mol. The van der Waals surface area contributed by atoms with E-state index < -0.39 is 0 Å². The van der Waals surface area contributed by atoms with Gasteiger partial charge in [0, 0.05) is 21.5 Å². The van der Waals surface area contributed by atoms with Gasteiger partial charge in [-0.2, -0.15) is 5.10 Å². The molecule has 0 aliphatic rings. The van der Waals surface area contributed by atoms with Gasteiger partial charge in [0.05, 0.1) is 23.0 Å². The first-order chi connectivity index (χ1) is 17.7. The van der Waals surface area contributed by atoms with Crippen LogP contribution in [0.25, 0.3) is 22.2 Å². The van der Waals surface area contributed by atoms with E-state index in [9.17, 15) is 4.79 Å². The van der Waals surface area contributed by atoms with Gasteiger partial charge in [0.2, 0.25) is 0 Å². The Hall–Kier alpha value is -4.48. The minimum Gasteiger partial charge on any atom is -0.489 e. The van der Waals surface area contributed by atoms with Gasteiger partial charge in [0.15, 0.2) is 0 Å². The van der Waals surface area contributed by atoms with Crippen LogP contribution in [0, 0.1) is 0 Å². The molecule has 5 rings (SSSR count). The molecule has 36 heavy (non-hydrogen) atoms. The number of para-hydroxylation sites is 1. The largest absolute Gasteiger partial charge is 0.489 e. The first kappa shape index (κ1) is 23.3. The lowest BCUT2D eigenvalue weighted by Gasteiger charge is -2.09. The molecule has 5 nitrogen and oxygen atoms in total. The van der Waals surface area contributed by atoms with Gasteiger partial charge >= 0.3 is 0 Å². The molecule has 6 heteroatoms. The second kappa shape index (κ2) is 10.8. The van der Waals surface area contributed by atoms with E-state index in [-0.39, 0.29) is 5.91 Å². The average Bonchev–Trinajstić information content (AvgIpc) is 2.93. The van der Waals surface area contributed by atoms with Gasteiger partial charge in [0.1, 0.15) is 12.4 Å². The Morgan fingerprint density at radius 3 is 2.42 bits per heavy atom. The van der Waals surface area contributed by atoms with Crippen LogP contribution in [0.5, 0.6) is 5.75 Å². The minimum atomic E-state index is -0.304. The topological polar surface area (TPSA) is 63.6 Å². The number of carbonyl (C=O) groups is 1. The Morgan fingerprint density at radius 2 is 1.61 bits per heavy atom. The predicted octanol–water partition coefficient (Wildman–Crippen LogP) is 6.90. The van der Waals surface area contributed by atoms with E-state index in [0.29, 0.717) is 22.9 Å². The highest BCUT2D eigenvalue weighted by Crippen LogP contribution is 2.25. The number of nitrogens with zero attached hydrogens (tertiary/aromatic N) is 2. The van der Waals surface area contributed by atoms with Crippen molar-refractivity contribution in [2.45, 2.75) is 6.61 Å². The molecule has 0 saturated carbocycles. The molecular formula is C30H22ClN3O2. The predicted molar refractivity (Wildman–Crippen MR) is 144 cm³/mol. The van der Waals surface area contributed by atoms with Gasteiger partial charge in [-0.05, 0) is 48.0 Å². The molecule has 0 bridgehead atoms. The molecule has 1 aromatic heterocycles. The highest BCUT2D eigenvalue weighted by atomic mass is 35.5. The Labute approximate surface area is 214 Å². The zero-order valence-corrected chi connectivity index (χ0v) is 20.0. The van der Waals surface area contributed by atoms with Crippen molar-refractivity contribution in [2.24, 2.45) is 5.10 Å². The average molecular weight is 492 g/mol. The molecule has 5 aromatic rings. The number of amides is 1. The van der Waals surface area contributed by atoms with E-state index in [2.05, 4.69) is 10.5 Å². The Morgan fingerprint density at radius 1 is 0.889 bits per heavy atom. The second-order valence-corrected chi connectivity index (χ2v) is 8.49. The number of benzene rings is 4. The molecule has 0 unspecified atom stereocenters. The van der Waals surface area contributed by atoms with Crippen molar-refractivity contribution in [1.29, 1.82) is 0 Å². The number of aromatic nitrogens is 1. The molecule has 1 N–H and O–H groups in total. The Bertz CT molecular complexity index is 1530. The van der Waals surface area contributed by atoms with E-state index in [4.69, 9.17) is 21.3 Å². The number of nitrogens with one attached hydrogen (secondary N) is 1. The van der Waals surface area contributed by atoms with Crippen LogP contribution in [-0.2, 0) is 6.61 Å². The fourth-order valence-corrected chi connectivity index (χ4v) is 3.96. The summed E-state index contributed by atoms with van der Waals surface area (Å²) in [6, 6.07) is 34.2. The zero-order valence-electron chi connectivity index (χ0n) is 19.3. The molecule has 0 atom stereocenters. The first-order valence-electron chi connectivity index (χ1n) is 11.4. The lowest BCUT2D eigenvalue weighted by molar-refractivity contribution is 0.0956. The smallest absolute Gasteiger partial charge is 0.272 e. The van der Waals surface area contributed by atoms with Crippen molar-refractivity contribution in [1.82, 2.24) is 10.4 Å². The molecule has 1 heterocycles. The van der Waals surface area contributed by atoms with Crippen molar-refractivity contribution in [3.05, 3.63) is 131 Å². The fourth-order valence-electron chi connectivity index (χ4n) is 3.77. The van der Waals surface area contributed by atoms with Crippen LogP contribution in [0.2, 0.25) is 5.02 Å². The SMILES string of the molecule is O=C(N/N=C/c1ccc(OCc2ccccc2Cl)cc1)c1cc(-c2ccccc2)nc2ccccc12. The molecule has 0 fully saturated rings. The molecule has 0 radical (unpaired) electrons. The van der Waals surface area contributed by atoms with E-state index in [1.165, 1.54) is 0 Å². The third kappa shape index (κ3) is 5.43. The number of fused-ring (bicyclic) bond motifs is 1. The molecule has 0 aliphatic carbocycles. The van der Waals surface area contributed by atoms with Crippen LogP contribution >= 0.6 is 11.6 Å². The standard InChI is InChI=1S/C30H22ClN3O2/c31-27-12-6-4-10-23(27)20-36-24-16-14-21(15-17-24)19-32-34-30(35)26-18-29(22-8-2-1-3-9-22)33-28-13-7-5-11-25(26)28/h1-19H,20H2,(H,34,35)/b32-19+. The van der Waals surface area contributed by atoms with Gasteiger partial charge < -0.3 is 4.74 Å². The maximum absolute atomic E-state index is 13.1. The first-order valence-corrected chi connectivity index (χ1v) is 11.8. The summed E-state index contributed by atoms with van der Waals surface area (Å²) in [5, 5.41) is 5.60. The summed E-state index contributed by atoms with van der Waals surface area (Å²) in [4.78, 5) is 17.8. The summed E-state index contributed by atoms with van der Waals surface area (Å²) in [6.45, 7) is 0.383. The van der Waals surface area contributed by atoms with Gasteiger partial charge in [-0.3, -0.25) is 4.79 Å². The van der Waals surface area contributed by atoms with Gasteiger partial charge in [-0.1, -0.05) is 78.3 Å². The molecule has 0 saturated heterocycles. The molecule has 1 amide bonds. The minimum absolute atomic E-state index is 0.304. The van der Waals surface area contributed by atoms with Crippen LogP contribution in [0.15, 0.2) is 114 Å². The van der Waals surface area contributed by atoms with Crippen molar-refractivity contribution in [3.63, 3.8) is 0 Å². The number of hydrazone groups is 1. The Kier molecular flexibility index (Phi) is 7.01. The molecule has 176 valence electrons. The summed E-state index contributed by atoms with van der Waals surface area (Å²) in [5.41, 5.74) is 7.33. The van der Waals surface area contributed by atoms with Crippen LogP contribution < -0.4 is 10.2 Å². The quantitative estimate of drug-likeness (QED) is 0.199. The molecular weight excluding hydrogens is 470 g/mol. The summed E-state index contributed by atoms with van der Waals surface area (Å²) >= 11 is 6.18. The number of ether oxygens (including phenoxy) is 1. The lowest BCUT2D eigenvalue weighted by atomic mass is 10.0. The Balaban J connectivity index is 1.28. The third-order valence-corrected chi connectivity index (χ3v) is 6.01. The van der Waals surface area contributed by atoms with Crippen LogP contribution in [0.1, 0.15) is 21.5 Å². The summed E-state index contributed by atoms with van der Waals surface area (Å²) in [7, 11) is 0. The van der Waals surface area contributed by atoms with Crippen LogP contribution in [0.3, 0.4) is 0 Å². The van der Waals surface area contributed by atoms with Crippen molar-refractivity contribution >= 4 is 34.6 Å². The van der Waals surface area contributed by atoms with Gasteiger partial charge in [-0.25, -0.2) is 10.4 Å². The highest BCUT2D eigenvalue weighted by Gasteiger charge is 2.13. The van der Waals surface area contributed by atoms with E-state index in [1.807, 2.05) is 103 Å². The van der Waals surface area contributed by atoms with Crippen molar-refractivity contribution in [3.8, 4) is 17.0 Å². The lowest BCUT2D eigenvalue weighted by Crippen LogP contribution is -2.18. The summed E-state index contributed by atoms with van der Waals surface area (Å²) < 4.78 is 5.81. The van der Waals surface area contributed by atoms with Crippen molar-refractivity contribution in [2.75, 3.05) is 0 Å².